The molecule has 0 aromatic heterocycles. The Labute approximate surface area is 109 Å². The van der Waals surface area contributed by atoms with Gasteiger partial charge in [0.25, 0.3) is 0 Å². The van der Waals surface area contributed by atoms with Crippen LogP contribution in [0.5, 0.6) is 0 Å². The zero-order chi connectivity index (χ0) is 13.7. The molecule has 0 aliphatic carbocycles. The molecule has 4 nitrogen and oxygen atoms in total. The summed E-state index contributed by atoms with van der Waals surface area (Å²) in [6, 6.07) is 3.88. The van der Waals surface area contributed by atoms with Crippen LogP contribution in [-0.4, -0.2) is 19.7 Å². The highest BCUT2D eigenvalue weighted by Crippen LogP contribution is 2.30. The Kier molecular flexibility index (Phi) is 5.01. The third-order valence-electron chi connectivity index (χ3n) is 3.05. The van der Waals surface area contributed by atoms with Crippen LogP contribution in [0.15, 0.2) is 12.1 Å². The van der Waals surface area contributed by atoms with Crippen LogP contribution in [-0.2, 0) is 11.2 Å². The summed E-state index contributed by atoms with van der Waals surface area (Å²) in [4.78, 5) is 13.4. The molecule has 0 unspecified atom stereocenters. The van der Waals surface area contributed by atoms with E-state index >= 15 is 0 Å². The summed E-state index contributed by atoms with van der Waals surface area (Å²) in [6.45, 7) is 6.56. The molecule has 0 saturated heterocycles. The first-order valence-corrected chi connectivity index (χ1v) is 6.30. The van der Waals surface area contributed by atoms with E-state index in [1.54, 1.807) is 4.90 Å². The summed E-state index contributed by atoms with van der Waals surface area (Å²) in [7, 11) is 1.39. The van der Waals surface area contributed by atoms with Crippen molar-refractivity contribution in [2.24, 2.45) is 0 Å². The fourth-order valence-corrected chi connectivity index (χ4v) is 2.04. The van der Waals surface area contributed by atoms with E-state index in [0.717, 1.165) is 35.3 Å². The first-order chi connectivity index (χ1) is 8.56. The van der Waals surface area contributed by atoms with Crippen LogP contribution in [0.4, 0.5) is 16.2 Å². The second-order valence-corrected chi connectivity index (χ2v) is 4.26. The lowest BCUT2D eigenvalue weighted by atomic mass is 10.0. The first-order valence-electron chi connectivity index (χ1n) is 6.30. The molecule has 0 saturated carbocycles. The zero-order valence-corrected chi connectivity index (χ0v) is 11.6. The number of carbonyl (C=O) groups excluding carboxylic acids is 1. The number of rotatable bonds is 4. The van der Waals surface area contributed by atoms with Crippen LogP contribution in [0.1, 0.15) is 31.4 Å². The summed E-state index contributed by atoms with van der Waals surface area (Å²) in [6.07, 6.45) is 1.49. The van der Waals surface area contributed by atoms with Gasteiger partial charge in [-0.2, -0.15) is 0 Å². The number of carbonyl (C=O) groups is 1. The summed E-state index contributed by atoms with van der Waals surface area (Å²) >= 11 is 0. The van der Waals surface area contributed by atoms with Gasteiger partial charge in [0.1, 0.15) is 0 Å². The number of aryl methyl sites for hydroxylation is 1. The molecule has 0 radical (unpaired) electrons. The van der Waals surface area contributed by atoms with E-state index in [0.29, 0.717) is 6.54 Å². The van der Waals surface area contributed by atoms with Gasteiger partial charge in [0.15, 0.2) is 0 Å². The maximum atomic E-state index is 11.8. The highest BCUT2D eigenvalue weighted by Gasteiger charge is 2.19. The summed E-state index contributed by atoms with van der Waals surface area (Å²) in [5.74, 6) is 0. The monoisotopic (exact) mass is 250 g/mol. The molecule has 1 aromatic rings. The van der Waals surface area contributed by atoms with Crippen molar-refractivity contribution in [2.45, 2.75) is 33.6 Å². The highest BCUT2D eigenvalue weighted by atomic mass is 16.5. The molecule has 0 aliphatic heterocycles. The van der Waals surface area contributed by atoms with Crippen LogP contribution >= 0.6 is 0 Å². The van der Waals surface area contributed by atoms with Gasteiger partial charge < -0.3 is 10.5 Å². The Morgan fingerprint density at radius 1 is 1.39 bits per heavy atom. The molecular weight excluding hydrogens is 228 g/mol. The molecule has 0 spiro atoms. The molecule has 1 amide bonds. The Morgan fingerprint density at radius 3 is 2.56 bits per heavy atom. The number of nitrogens with zero attached hydrogens (tertiary/aromatic N) is 1. The number of methoxy groups -OCH3 is 1. The van der Waals surface area contributed by atoms with Crippen molar-refractivity contribution < 1.29 is 9.53 Å². The van der Waals surface area contributed by atoms with Crippen LogP contribution in [0.25, 0.3) is 0 Å². The average Bonchev–Trinajstić information content (AvgIpc) is 2.38. The summed E-state index contributed by atoms with van der Waals surface area (Å²) in [5.41, 5.74) is 9.83. The number of ether oxygens (including phenoxy) is 1. The predicted molar refractivity (Wildman–Crippen MR) is 75.0 cm³/mol. The molecule has 0 heterocycles. The minimum Gasteiger partial charge on any atom is -0.452 e. The number of hydrogen-bond donors (Lipinski definition) is 1. The normalized spacial score (nSPS) is 10.2. The van der Waals surface area contributed by atoms with Gasteiger partial charge in [-0.05, 0) is 37.5 Å². The quantitative estimate of drug-likeness (QED) is 0.835. The molecule has 4 heteroatoms. The summed E-state index contributed by atoms with van der Waals surface area (Å²) < 4.78 is 4.81. The maximum absolute atomic E-state index is 11.8. The van der Waals surface area contributed by atoms with Crippen molar-refractivity contribution in [1.29, 1.82) is 0 Å². The molecule has 0 bridgehead atoms. The van der Waals surface area contributed by atoms with Crippen LogP contribution in [0, 0.1) is 6.92 Å². The Bertz CT molecular complexity index is 430. The van der Waals surface area contributed by atoms with Crippen molar-refractivity contribution >= 4 is 17.5 Å². The summed E-state index contributed by atoms with van der Waals surface area (Å²) in [5, 5.41) is 0. The molecule has 1 aromatic carbocycles. The second kappa shape index (κ2) is 6.28. The van der Waals surface area contributed by atoms with Gasteiger partial charge in [0.05, 0.1) is 12.8 Å². The van der Waals surface area contributed by atoms with Gasteiger partial charge in [-0.25, -0.2) is 4.79 Å². The smallest absolute Gasteiger partial charge is 0.413 e. The number of anilines is 2. The van der Waals surface area contributed by atoms with Crippen LogP contribution in [0.3, 0.4) is 0 Å². The fourth-order valence-electron chi connectivity index (χ4n) is 2.04. The Morgan fingerprint density at radius 2 is 2.06 bits per heavy atom. The number of hydrogen-bond acceptors (Lipinski definition) is 3. The number of benzene rings is 1. The van der Waals surface area contributed by atoms with E-state index in [2.05, 4.69) is 6.92 Å². The molecule has 0 aliphatic rings. The third kappa shape index (κ3) is 2.75. The number of nitrogens with two attached hydrogens (primary N) is 1. The van der Waals surface area contributed by atoms with Gasteiger partial charge in [-0.3, -0.25) is 4.90 Å². The highest BCUT2D eigenvalue weighted by molar-refractivity contribution is 5.90. The maximum Gasteiger partial charge on any atom is 0.413 e. The van der Waals surface area contributed by atoms with Crippen LogP contribution in [0.2, 0.25) is 0 Å². The lowest BCUT2D eigenvalue weighted by Gasteiger charge is -2.24. The lowest BCUT2D eigenvalue weighted by Crippen LogP contribution is -2.31. The van der Waals surface area contributed by atoms with E-state index in [1.807, 2.05) is 26.0 Å². The minimum atomic E-state index is -0.349. The van der Waals surface area contributed by atoms with Gasteiger partial charge in [0.2, 0.25) is 0 Å². The van der Waals surface area contributed by atoms with Gasteiger partial charge in [-0.1, -0.05) is 19.4 Å². The molecule has 0 atom stereocenters. The topological polar surface area (TPSA) is 55.6 Å². The van der Waals surface area contributed by atoms with E-state index in [4.69, 9.17) is 10.5 Å². The van der Waals surface area contributed by atoms with Gasteiger partial charge in [0, 0.05) is 12.2 Å². The Hall–Kier alpha value is -1.71. The zero-order valence-electron chi connectivity index (χ0n) is 11.6. The van der Waals surface area contributed by atoms with E-state index < -0.39 is 0 Å². The first kappa shape index (κ1) is 14.4. The van der Waals surface area contributed by atoms with Crippen molar-refractivity contribution in [3.05, 3.63) is 23.3 Å². The Balaban J connectivity index is 3.29. The van der Waals surface area contributed by atoms with E-state index in [9.17, 15) is 4.79 Å². The number of amides is 1. The van der Waals surface area contributed by atoms with Crippen molar-refractivity contribution in [1.82, 2.24) is 0 Å². The van der Waals surface area contributed by atoms with Gasteiger partial charge >= 0.3 is 6.09 Å². The molecule has 1 rings (SSSR count). The van der Waals surface area contributed by atoms with E-state index in [1.165, 1.54) is 7.11 Å². The second-order valence-electron chi connectivity index (χ2n) is 4.26. The minimum absolute atomic E-state index is 0.349. The predicted octanol–water partition coefficient (Wildman–Crippen LogP) is 3.12. The van der Waals surface area contributed by atoms with Crippen molar-refractivity contribution in [3.63, 3.8) is 0 Å². The molecular formula is C14H22N2O2. The number of nitrogen functional groups attached to an aromatic ring is 1. The molecule has 0 fully saturated rings. The average molecular weight is 250 g/mol. The fraction of sp³-hybridized carbons (Fsp3) is 0.500. The lowest BCUT2D eigenvalue weighted by molar-refractivity contribution is 0.179. The standard InChI is InChI=1S/C14H22N2O2/c1-5-7-11-12(9-8-10(3)13(11)15)16(6-2)14(17)18-4/h8-9H,5-7,15H2,1-4H3. The molecule has 100 valence electrons. The molecule has 2 N–H and O–H groups in total. The largest absolute Gasteiger partial charge is 0.452 e. The molecule has 18 heavy (non-hydrogen) atoms. The van der Waals surface area contributed by atoms with E-state index in [-0.39, 0.29) is 6.09 Å². The van der Waals surface area contributed by atoms with Gasteiger partial charge in [-0.15, -0.1) is 0 Å². The van der Waals surface area contributed by atoms with Crippen molar-refractivity contribution in [2.75, 3.05) is 24.3 Å². The SMILES string of the molecule is CCCc1c(N(CC)C(=O)OC)ccc(C)c1N. The van der Waals surface area contributed by atoms with Crippen molar-refractivity contribution in [3.8, 4) is 0 Å². The third-order valence-corrected chi connectivity index (χ3v) is 3.05. The van der Waals surface area contributed by atoms with Crippen LogP contribution < -0.4 is 10.6 Å².